The van der Waals surface area contributed by atoms with Crippen LogP contribution >= 0.6 is 0 Å². The molecule has 0 aromatic rings. The van der Waals surface area contributed by atoms with E-state index in [-0.39, 0.29) is 13.2 Å². The van der Waals surface area contributed by atoms with Crippen molar-refractivity contribution in [2.24, 2.45) is 0 Å². The van der Waals surface area contributed by atoms with E-state index >= 15 is 0 Å². The average molecular weight is 244 g/mol. The Balaban J connectivity index is 1.98. The Morgan fingerprint density at radius 1 is 1.53 bits per heavy atom. The highest BCUT2D eigenvalue weighted by Gasteiger charge is 2.58. The van der Waals surface area contributed by atoms with Crippen LogP contribution in [0, 0.1) is 0 Å². The molecule has 1 spiro atoms. The summed E-state index contributed by atoms with van der Waals surface area (Å²) in [5, 5.41) is 0. The lowest BCUT2D eigenvalue weighted by molar-refractivity contribution is -0.178. The molecule has 0 N–H and O–H groups in total. The van der Waals surface area contributed by atoms with Gasteiger partial charge in [-0.2, -0.15) is 0 Å². The van der Waals surface area contributed by atoms with Crippen molar-refractivity contribution in [2.75, 3.05) is 13.2 Å². The van der Waals surface area contributed by atoms with Crippen LogP contribution in [0.1, 0.15) is 27.2 Å². The van der Waals surface area contributed by atoms with Crippen LogP contribution in [-0.2, 0) is 28.5 Å². The Labute approximate surface area is 99.2 Å². The largest absolute Gasteiger partial charge is 0.462 e. The normalized spacial score (nSPS) is 35.0. The van der Waals surface area contributed by atoms with Crippen molar-refractivity contribution >= 4 is 11.9 Å². The summed E-state index contributed by atoms with van der Waals surface area (Å²) in [6.45, 7) is 5.04. The van der Waals surface area contributed by atoms with Crippen LogP contribution in [0.25, 0.3) is 0 Å². The van der Waals surface area contributed by atoms with E-state index in [2.05, 4.69) is 0 Å². The Bertz CT molecular complexity index is 350. The first-order chi connectivity index (χ1) is 7.83. The molecule has 0 radical (unpaired) electrons. The molecule has 2 aliphatic rings. The van der Waals surface area contributed by atoms with Crippen molar-refractivity contribution in [3.8, 4) is 0 Å². The molecule has 0 amide bonds. The zero-order valence-corrected chi connectivity index (χ0v) is 10.1. The van der Waals surface area contributed by atoms with Gasteiger partial charge in [0.1, 0.15) is 12.7 Å². The molecule has 96 valence electrons. The topological polar surface area (TPSA) is 71.1 Å². The van der Waals surface area contributed by atoms with Crippen LogP contribution in [0.15, 0.2) is 0 Å². The third-order valence-corrected chi connectivity index (χ3v) is 2.77. The molecule has 2 saturated heterocycles. The van der Waals surface area contributed by atoms with Gasteiger partial charge >= 0.3 is 11.9 Å². The second-order valence-corrected chi connectivity index (χ2v) is 4.82. The van der Waals surface area contributed by atoms with Gasteiger partial charge in [0, 0.05) is 13.3 Å². The molecule has 6 heteroatoms. The number of rotatable bonds is 2. The molecule has 2 heterocycles. The Kier molecular flexibility index (Phi) is 2.87. The van der Waals surface area contributed by atoms with Crippen LogP contribution in [0.5, 0.6) is 0 Å². The van der Waals surface area contributed by atoms with Crippen molar-refractivity contribution in [3.63, 3.8) is 0 Å². The Hall–Kier alpha value is -1.14. The predicted molar refractivity (Wildman–Crippen MR) is 55.0 cm³/mol. The third kappa shape index (κ3) is 2.42. The summed E-state index contributed by atoms with van der Waals surface area (Å²) in [6.07, 6.45) is -0.105. The van der Waals surface area contributed by atoms with Crippen molar-refractivity contribution in [1.82, 2.24) is 0 Å². The summed E-state index contributed by atoms with van der Waals surface area (Å²) in [7, 11) is 0. The smallest absolute Gasteiger partial charge is 0.341 e. The van der Waals surface area contributed by atoms with Gasteiger partial charge in [-0.1, -0.05) is 0 Å². The van der Waals surface area contributed by atoms with Gasteiger partial charge in [0.15, 0.2) is 11.4 Å². The summed E-state index contributed by atoms with van der Waals surface area (Å²) >= 11 is 0. The van der Waals surface area contributed by atoms with Gasteiger partial charge in [0.25, 0.3) is 0 Å². The van der Waals surface area contributed by atoms with Gasteiger partial charge in [-0.05, 0) is 13.8 Å². The first kappa shape index (κ1) is 12.3. The fourth-order valence-corrected chi connectivity index (χ4v) is 2.08. The standard InChI is InChI=1S/C11H16O6/c1-7(12)14-5-8-4-11(9(13)16-8)6-15-10(2,3)17-11/h8H,4-6H2,1-3H3/t8-,11-/m0/s1. The van der Waals surface area contributed by atoms with Gasteiger partial charge in [-0.15, -0.1) is 0 Å². The fraction of sp³-hybridized carbons (Fsp3) is 0.818. The van der Waals surface area contributed by atoms with E-state index in [0.29, 0.717) is 6.42 Å². The summed E-state index contributed by atoms with van der Waals surface area (Å²) in [5.41, 5.74) is -1.03. The van der Waals surface area contributed by atoms with Gasteiger partial charge < -0.3 is 18.9 Å². The third-order valence-electron chi connectivity index (χ3n) is 2.77. The van der Waals surface area contributed by atoms with Crippen molar-refractivity contribution in [2.45, 2.75) is 44.7 Å². The molecule has 17 heavy (non-hydrogen) atoms. The molecule has 0 aliphatic carbocycles. The SMILES string of the molecule is CC(=O)OC[C@@H]1C[C@]2(COC(C)(C)O2)C(=O)O1. The lowest BCUT2D eigenvalue weighted by Gasteiger charge is -2.20. The quantitative estimate of drug-likeness (QED) is 0.654. The first-order valence-electron chi connectivity index (χ1n) is 5.52. The van der Waals surface area contributed by atoms with E-state index < -0.39 is 29.4 Å². The molecule has 2 fully saturated rings. The molecule has 0 aromatic heterocycles. The molecule has 0 unspecified atom stereocenters. The number of cyclic esters (lactones) is 1. The molecule has 2 atom stereocenters. The number of carbonyl (C=O) groups is 2. The summed E-state index contributed by atoms with van der Waals surface area (Å²) in [5.74, 6) is -1.62. The van der Waals surface area contributed by atoms with Crippen LogP contribution in [0.3, 0.4) is 0 Å². The zero-order valence-electron chi connectivity index (χ0n) is 10.1. The van der Waals surface area contributed by atoms with E-state index in [1.54, 1.807) is 13.8 Å². The second-order valence-electron chi connectivity index (χ2n) is 4.82. The minimum absolute atomic E-state index is 0.0621. The number of ether oxygens (including phenoxy) is 4. The lowest BCUT2D eigenvalue weighted by atomic mass is 10.0. The minimum Gasteiger partial charge on any atom is -0.462 e. The van der Waals surface area contributed by atoms with Gasteiger partial charge in [-0.25, -0.2) is 4.79 Å². The van der Waals surface area contributed by atoms with Crippen molar-refractivity contribution in [1.29, 1.82) is 0 Å². The van der Waals surface area contributed by atoms with Crippen LogP contribution in [0.2, 0.25) is 0 Å². The molecule has 0 saturated carbocycles. The summed E-state index contributed by atoms with van der Waals surface area (Å²) in [4.78, 5) is 22.5. The van der Waals surface area contributed by atoms with Crippen molar-refractivity contribution < 1.29 is 28.5 Å². The second kappa shape index (κ2) is 3.96. The summed E-state index contributed by atoms with van der Waals surface area (Å²) < 4.78 is 20.9. The monoisotopic (exact) mass is 244 g/mol. The first-order valence-corrected chi connectivity index (χ1v) is 5.52. The predicted octanol–water partition coefficient (Wildman–Crippen LogP) is 0.387. The zero-order chi connectivity index (χ0) is 12.7. The highest BCUT2D eigenvalue weighted by atomic mass is 16.8. The Morgan fingerprint density at radius 2 is 2.24 bits per heavy atom. The molecule has 6 nitrogen and oxygen atoms in total. The molecule has 2 rings (SSSR count). The van der Waals surface area contributed by atoms with E-state index in [1.165, 1.54) is 6.92 Å². The average Bonchev–Trinajstić information content (AvgIpc) is 2.66. The van der Waals surface area contributed by atoms with Crippen LogP contribution in [0.4, 0.5) is 0 Å². The highest BCUT2D eigenvalue weighted by molar-refractivity contribution is 5.82. The van der Waals surface area contributed by atoms with Gasteiger partial charge in [0.2, 0.25) is 0 Å². The van der Waals surface area contributed by atoms with E-state index in [9.17, 15) is 9.59 Å². The maximum atomic E-state index is 11.8. The number of carbonyl (C=O) groups excluding carboxylic acids is 2. The highest BCUT2D eigenvalue weighted by Crippen LogP contribution is 2.39. The summed E-state index contributed by atoms with van der Waals surface area (Å²) in [6, 6.07) is 0. The van der Waals surface area contributed by atoms with Crippen LogP contribution < -0.4 is 0 Å². The minimum atomic E-state index is -1.03. The number of hydrogen-bond acceptors (Lipinski definition) is 6. The Morgan fingerprint density at radius 3 is 2.76 bits per heavy atom. The lowest BCUT2D eigenvalue weighted by Crippen LogP contribution is -2.39. The molecule has 0 bridgehead atoms. The molecular formula is C11H16O6. The van der Waals surface area contributed by atoms with Gasteiger partial charge in [-0.3, -0.25) is 4.79 Å². The van der Waals surface area contributed by atoms with Crippen molar-refractivity contribution in [3.05, 3.63) is 0 Å². The van der Waals surface area contributed by atoms with Gasteiger partial charge in [0.05, 0.1) is 6.61 Å². The fourth-order valence-electron chi connectivity index (χ4n) is 2.08. The van der Waals surface area contributed by atoms with E-state index in [0.717, 1.165) is 0 Å². The molecular weight excluding hydrogens is 228 g/mol. The maximum absolute atomic E-state index is 11.8. The van der Waals surface area contributed by atoms with Crippen LogP contribution in [-0.4, -0.2) is 42.6 Å². The van der Waals surface area contributed by atoms with E-state index in [4.69, 9.17) is 18.9 Å². The molecule has 0 aromatic carbocycles. The maximum Gasteiger partial charge on any atom is 0.341 e. The van der Waals surface area contributed by atoms with E-state index in [1.807, 2.05) is 0 Å². The number of hydrogen-bond donors (Lipinski definition) is 0. The molecule has 2 aliphatic heterocycles. The number of esters is 2.